The summed E-state index contributed by atoms with van der Waals surface area (Å²) in [6, 6.07) is 8.34. The van der Waals surface area contributed by atoms with E-state index in [1.54, 1.807) is 20.8 Å². The monoisotopic (exact) mass is 349 g/mol. The zero-order valence-electron chi connectivity index (χ0n) is 17.3. The number of hydrogen-bond acceptors (Lipinski definition) is 4. The summed E-state index contributed by atoms with van der Waals surface area (Å²) in [6.07, 6.45) is 1.06. The van der Waals surface area contributed by atoms with E-state index in [4.69, 9.17) is 9.90 Å². The van der Waals surface area contributed by atoms with Gasteiger partial charge in [-0.15, -0.1) is 0 Å². The highest BCUT2D eigenvalue weighted by Crippen LogP contribution is 2.22. The van der Waals surface area contributed by atoms with Gasteiger partial charge in [0.05, 0.1) is 18.2 Å². The molecule has 0 amide bonds. The quantitative estimate of drug-likeness (QED) is 0.775. The van der Waals surface area contributed by atoms with Gasteiger partial charge in [0.25, 0.3) is 6.47 Å². The summed E-state index contributed by atoms with van der Waals surface area (Å²) in [5, 5.41) is 9.81. The van der Waals surface area contributed by atoms with Crippen molar-refractivity contribution in [2.45, 2.75) is 67.4 Å². The SMILES string of the molecule is CC.CC(C)(C)O.CCc1c(C)nc2ccccc2c1C.COC=O. The molecule has 2 aromatic rings. The number of fused-ring (bicyclic) bond motifs is 1. The molecule has 0 bridgehead atoms. The largest absolute Gasteiger partial charge is 0.471 e. The van der Waals surface area contributed by atoms with Gasteiger partial charge in [-0.2, -0.15) is 0 Å². The van der Waals surface area contributed by atoms with Gasteiger partial charge in [-0.25, -0.2) is 0 Å². The lowest BCUT2D eigenvalue weighted by Gasteiger charge is -2.10. The summed E-state index contributed by atoms with van der Waals surface area (Å²) in [5.41, 5.74) is 4.56. The fourth-order valence-electron chi connectivity index (χ4n) is 2.09. The van der Waals surface area contributed by atoms with E-state index in [1.807, 2.05) is 19.9 Å². The fraction of sp³-hybridized carbons (Fsp3) is 0.524. The predicted molar refractivity (Wildman–Crippen MR) is 107 cm³/mol. The second-order valence-corrected chi connectivity index (χ2v) is 6.17. The minimum Gasteiger partial charge on any atom is -0.471 e. The number of benzene rings is 1. The topological polar surface area (TPSA) is 59.4 Å². The fourth-order valence-corrected chi connectivity index (χ4v) is 2.09. The van der Waals surface area contributed by atoms with Crippen molar-refractivity contribution >= 4 is 17.4 Å². The van der Waals surface area contributed by atoms with E-state index in [2.05, 4.69) is 48.7 Å². The smallest absolute Gasteiger partial charge is 0.292 e. The summed E-state index contributed by atoms with van der Waals surface area (Å²) >= 11 is 0. The molecule has 0 atom stereocenters. The first kappa shape index (κ1) is 25.3. The molecule has 0 saturated carbocycles. The summed E-state index contributed by atoms with van der Waals surface area (Å²) in [6.45, 7) is 16.1. The maximum absolute atomic E-state index is 8.95. The molecule has 2 rings (SSSR count). The molecule has 0 saturated heterocycles. The highest BCUT2D eigenvalue weighted by Gasteiger charge is 2.06. The summed E-state index contributed by atoms with van der Waals surface area (Å²) < 4.78 is 3.86. The van der Waals surface area contributed by atoms with E-state index in [0.717, 1.165) is 11.9 Å². The van der Waals surface area contributed by atoms with Crippen molar-refractivity contribution in [2.75, 3.05) is 7.11 Å². The molecule has 1 aromatic heterocycles. The molecule has 0 unspecified atom stereocenters. The van der Waals surface area contributed by atoms with Gasteiger partial charge >= 0.3 is 0 Å². The zero-order chi connectivity index (χ0) is 20.0. The summed E-state index contributed by atoms with van der Waals surface area (Å²) in [5.74, 6) is 0. The molecule has 1 N–H and O–H groups in total. The molecule has 142 valence electrons. The van der Waals surface area contributed by atoms with Crippen molar-refractivity contribution in [3.05, 3.63) is 41.1 Å². The van der Waals surface area contributed by atoms with Gasteiger partial charge in [0.2, 0.25) is 0 Å². The van der Waals surface area contributed by atoms with Crippen molar-refractivity contribution in [1.29, 1.82) is 0 Å². The number of pyridine rings is 1. The third kappa shape index (κ3) is 11.3. The number of aryl methyl sites for hydroxylation is 2. The Morgan fingerprint density at radius 1 is 1.16 bits per heavy atom. The molecule has 25 heavy (non-hydrogen) atoms. The highest BCUT2D eigenvalue weighted by atomic mass is 16.5. The van der Waals surface area contributed by atoms with Crippen LogP contribution in [0, 0.1) is 13.8 Å². The normalized spacial score (nSPS) is 9.52. The van der Waals surface area contributed by atoms with Gasteiger partial charge in [-0.05, 0) is 58.2 Å². The van der Waals surface area contributed by atoms with E-state index < -0.39 is 5.60 Å². The van der Waals surface area contributed by atoms with Crippen LogP contribution in [0.25, 0.3) is 10.9 Å². The zero-order valence-corrected chi connectivity index (χ0v) is 17.3. The van der Waals surface area contributed by atoms with Crippen LogP contribution < -0.4 is 0 Å². The van der Waals surface area contributed by atoms with Crippen LogP contribution in [0.15, 0.2) is 24.3 Å². The molecule has 4 heteroatoms. The summed E-state index contributed by atoms with van der Waals surface area (Å²) in [7, 11) is 1.31. The molecule has 0 aliphatic carbocycles. The number of carbonyl (C=O) groups excluding carboxylic acids is 1. The van der Waals surface area contributed by atoms with Gasteiger partial charge < -0.3 is 9.84 Å². The Labute approximate surface area is 153 Å². The number of nitrogens with zero attached hydrogens (tertiary/aromatic N) is 1. The predicted octanol–water partition coefficient (Wildman–Crippen LogP) is 5.01. The Kier molecular flexibility index (Phi) is 13.5. The minimum absolute atomic E-state index is 0.375. The van der Waals surface area contributed by atoms with E-state index >= 15 is 0 Å². The second-order valence-electron chi connectivity index (χ2n) is 6.17. The average molecular weight is 350 g/mol. The number of methoxy groups -OCH3 is 1. The van der Waals surface area contributed by atoms with E-state index in [0.29, 0.717) is 6.47 Å². The van der Waals surface area contributed by atoms with E-state index in [-0.39, 0.29) is 0 Å². The van der Waals surface area contributed by atoms with Crippen molar-refractivity contribution in [3.8, 4) is 0 Å². The van der Waals surface area contributed by atoms with Crippen LogP contribution in [0.2, 0.25) is 0 Å². The van der Waals surface area contributed by atoms with Crippen LogP contribution in [-0.4, -0.2) is 29.3 Å². The van der Waals surface area contributed by atoms with Crippen LogP contribution in [0.3, 0.4) is 0 Å². The Morgan fingerprint density at radius 3 is 2.00 bits per heavy atom. The van der Waals surface area contributed by atoms with Crippen LogP contribution in [0.5, 0.6) is 0 Å². The van der Waals surface area contributed by atoms with Crippen LogP contribution >= 0.6 is 0 Å². The number of carbonyl (C=O) groups is 1. The molecular weight excluding hydrogens is 314 g/mol. The number of para-hydroxylation sites is 1. The van der Waals surface area contributed by atoms with Gasteiger partial charge in [0, 0.05) is 11.1 Å². The lowest BCUT2D eigenvalue weighted by molar-refractivity contribution is -0.126. The molecular formula is C21H35NO3. The van der Waals surface area contributed by atoms with Gasteiger partial charge in [0.15, 0.2) is 0 Å². The number of aliphatic hydroxyl groups is 1. The molecule has 0 spiro atoms. The van der Waals surface area contributed by atoms with Gasteiger partial charge in [0.1, 0.15) is 0 Å². The van der Waals surface area contributed by atoms with E-state index in [1.165, 1.54) is 29.3 Å². The first-order chi connectivity index (χ1) is 11.7. The average Bonchev–Trinajstić information content (AvgIpc) is 2.56. The molecule has 0 radical (unpaired) electrons. The first-order valence-electron chi connectivity index (χ1n) is 8.69. The molecule has 4 nitrogen and oxygen atoms in total. The molecule has 1 aromatic carbocycles. The Morgan fingerprint density at radius 2 is 1.60 bits per heavy atom. The van der Waals surface area contributed by atoms with Crippen molar-refractivity contribution in [1.82, 2.24) is 4.98 Å². The number of ether oxygens (including phenoxy) is 1. The first-order valence-corrected chi connectivity index (χ1v) is 8.69. The van der Waals surface area contributed by atoms with E-state index in [9.17, 15) is 0 Å². The minimum atomic E-state index is -0.500. The van der Waals surface area contributed by atoms with Crippen LogP contribution in [0.1, 0.15) is 58.4 Å². The molecule has 0 aliphatic heterocycles. The summed E-state index contributed by atoms with van der Waals surface area (Å²) in [4.78, 5) is 13.6. The van der Waals surface area contributed by atoms with Gasteiger partial charge in [-0.1, -0.05) is 39.0 Å². The third-order valence-corrected chi connectivity index (χ3v) is 2.94. The Hall–Kier alpha value is -1.94. The number of hydrogen-bond donors (Lipinski definition) is 1. The molecule has 0 aliphatic rings. The highest BCUT2D eigenvalue weighted by molar-refractivity contribution is 5.83. The third-order valence-electron chi connectivity index (χ3n) is 2.94. The maximum Gasteiger partial charge on any atom is 0.292 e. The molecule has 1 heterocycles. The Bertz CT molecular complexity index is 610. The number of aromatic nitrogens is 1. The Balaban J connectivity index is 0. The standard InChI is InChI=1S/C13H15N.C4H10O.C2H4O2.C2H6/c1-4-11-9(2)12-7-5-6-8-13(12)14-10(11)3;1-4(2,3)5;1-4-2-3;1-2/h5-8H,4H2,1-3H3;5H,1-3H3;2H,1H3;1-2H3. The van der Waals surface area contributed by atoms with Crippen LogP contribution in [-0.2, 0) is 16.0 Å². The van der Waals surface area contributed by atoms with Crippen LogP contribution in [0.4, 0.5) is 0 Å². The van der Waals surface area contributed by atoms with Crippen molar-refractivity contribution in [3.63, 3.8) is 0 Å². The lowest BCUT2D eigenvalue weighted by atomic mass is 10.0. The van der Waals surface area contributed by atoms with Gasteiger partial charge in [-0.3, -0.25) is 9.78 Å². The van der Waals surface area contributed by atoms with Crippen molar-refractivity contribution in [2.24, 2.45) is 0 Å². The lowest BCUT2D eigenvalue weighted by Crippen LogP contribution is -2.10. The molecule has 0 fully saturated rings. The van der Waals surface area contributed by atoms with Crippen molar-refractivity contribution < 1.29 is 14.6 Å². The maximum atomic E-state index is 8.95. The number of rotatable bonds is 2. The second kappa shape index (κ2) is 13.4.